The molecule has 0 spiro atoms. The first-order valence-corrected chi connectivity index (χ1v) is 10.1. The van der Waals surface area contributed by atoms with Crippen LogP contribution in [0.25, 0.3) is 0 Å². The van der Waals surface area contributed by atoms with Crippen molar-refractivity contribution in [2.24, 2.45) is 11.3 Å². The van der Waals surface area contributed by atoms with Gasteiger partial charge in [0.25, 0.3) is 0 Å². The van der Waals surface area contributed by atoms with Gasteiger partial charge in [-0.05, 0) is 50.3 Å². The fourth-order valence-corrected chi connectivity index (χ4v) is 3.69. The maximum Gasteiger partial charge on any atom is 0.242 e. The highest BCUT2D eigenvalue weighted by Crippen LogP contribution is 2.29. The van der Waals surface area contributed by atoms with Gasteiger partial charge in [-0.1, -0.05) is 55.5 Å². The molecule has 0 aliphatic carbocycles. The lowest BCUT2D eigenvalue weighted by atomic mass is 9.87. The average Bonchev–Trinajstić information content (AvgIpc) is 2.73. The third-order valence-electron chi connectivity index (χ3n) is 5.64. The number of rotatable bonds is 5. The van der Waals surface area contributed by atoms with Crippen molar-refractivity contribution in [3.63, 3.8) is 0 Å². The highest BCUT2D eigenvalue weighted by Gasteiger charge is 2.42. The van der Waals surface area contributed by atoms with E-state index < -0.39 is 5.41 Å². The van der Waals surface area contributed by atoms with Crippen LogP contribution in [-0.4, -0.2) is 29.8 Å². The standard InChI is InChI=1S/C24H30N2O2/c1-19-14-16-25(17-15-19)22(27)24(2,3)23(28)26(21-12-8-5-9-13-21)18-20-10-6-4-7-11-20/h4-13,19H,14-18H2,1-3H3. The van der Waals surface area contributed by atoms with Gasteiger partial charge in [0.2, 0.25) is 11.8 Å². The van der Waals surface area contributed by atoms with E-state index in [2.05, 4.69) is 6.92 Å². The van der Waals surface area contributed by atoms with Gasteiger partial charge < -0.3 is 9.80 Å². The van der Waals surface area contributed by atoms with Crippen molar-refractivity contribution in [1.82, 2.24) is 4.90 Å². The van der Waals surface area contributed by atoms with E-state index in [0.717, 1.165) is 37.2 Å². The zero-order chi connectivity index (χ0) is 20.1. The van der Waals surface area contributed by atoms with Gasteiger partial charge in [-0.15, -0.1) is 0 Å². The maximum absolute atomic E-state index is 13.6. The molecule has 28 heavy (non-hydrogen) atoms. The van der Waals surface area contributed by atoms with Crippen molar-refractivity contribution < 1.29 is 9.59 Å². The number of benzene rings is 2. The number of hydrogen-bond donors (Lipinski definition) is 0. The molecule has 0 N–H and O–H groups in total. The molecular weight excluding hydrogens is 348 g/mol. The first kappa shape index (κ1) is 20.1. The lowest BCUT2D eigenvalue weighted by Gasteiger charge is -2.37. The molecule has 4 heteroatoms. The first-order chi connectivity index (χ1) is 13.4. The molecule has 3 rings (SSSR count). The molecule has 0 aromatic heterocycles. The summed E-state index contributed by atoms with van der Waals surface area (Å²) in [6, 6.07) is 19.5. The molecule has 0 saturated carbocycles. The number of carbonyl (C=O) groups excluding carboxylic acids is 2. The van der Waals surface area contributed by atoms with Crippen molar-refractivity contribution in [1.29, 1.82) is 0 Å². The Kier molecular flexibility index (Phi) is 6.18. The molecule has 1 saturated heterocycles. The van der Waals surface area contributed by atoms with Crippen LogP contribution in [0.2, 0.25) is 0 Å². The number of piperidine rings is 1. The van der Waals surface area contributed by atoms with Gasteiger partial charge in [-0.2, -0.15) is 0 Å². The van der Waals surface area contributed by atoms with Gasteiger partial charge in [0, 0.05) is 18.8 Å². The zero-order valence-electron chi connectivity index (χ0n) is 17.1. The van der Waals surface area contributed by atoms with Crippen LogP contribution in [-0.2, 0) is 16.1 Å². The van der Waals surface area contributed by atoms with Crippen LogP contribution in [0, 0.1) is 11.3 Å². The molecule has 1 fully saturated rings. The smallest absolute Gasteiger partial charge is 0.242 e. The number of carbonyl (C=O) groups is 2. The Morgan fingerprint density at radius 2 is 1.50 bits per heavy atom. The Labute approximate surface area is 168 Å². The topological polar surface area (TPSA) is 40.6 Å². The van der Waals surface area contributed by atoms with Crippen LogP contribution in [0.4, 0.5) is 5.69 Å². The van der Waals surface area contributed by atoms with E-state index in [4.69, 9.17) is 0 Å². The van der Waals surface area contributed by atoms with E-state index in [-0.39, 0.29) is 11.8 Å². The minimum Gasteiger partial charge on any atom is -0.342 e. The van der Waals surface area contributed by atoms with Crippen LogP contribution < -0.4 is 4.90 Å². The SMILES string of the molecule is CC1CCN(C(=O)C(C)(C)C(=O)N(Cc2ccccc2)c2ccccc2)CC1. The predicted octanol–water partition coefficient (Wildman–Crippen LogP) is 4.50. The number of para-hydroxylation sites is 1. The van der Waals surface area contributed by atoms with Crippen molar-refractivity contribution in [3.05, 3.63) is 66.2 Å². The number of amides is 2. The monoisotopic (exact) mass is 378 g/mol. The highest BCUT2D eigenvalue weighted by atomic mass is 16.2. The normalized spacial score (nSPS) is 15.3. The van der Waals surface area contributed by atoms with E-state index in [9.17, 15) is 9.59 Å². The maximum atomic E-state index is 13.6. The molecule has 2 aromatic rings. The van der Waals surface area contributed by atoms with Crippen LogP contribution in [0.1, 0.15) is 39.2 Å². The summed E-state index contributed by atoms with van der Waals surface area (Å²) >= 11 is 0. The van der Waals surface area contributed by atoms with Crippen LogP contribution >= 0.6 is 0 Å². The Bertz CT molecular complexity index is 794. The minimum atomic E-state index is -1.11. The molecule has 0 bridgehead atoms. The zero-order valence-corrected chi connectivity index (χ0v) is 17.1. The van der Waals surface area contributed by atoms with Crippen molar-refractivity contribution in [2.45, 2.75) is 40.2 Å². The predicted molar refractivity (Wildman–Crippen MR) is 113 cm³/mol. The van der Waals surface area contributed by atoms with Crippen molar-refractivity contribution in [3.8, 4) is 0 Å². The summed E-state index contributed by atoms with van der Waals surface area (Å²) in [4.78, 5) is 30.4. The average molecular weight is 379 g/mol. The Morgan fingerprint density at radius 1 is 0.964 bits per heavy atom. The summed E-state index contributed by atoms with van der Waals surface area (Å²) in [5, 5.41) is 0. The Balaban J connectivity index is 1.86. The molecule has 2 amide bonds. The molecule has 4 nitrogen and oxygen atoms in total. The Morgan fingerprint density at radius 3 is 2.07 bits per heavy atom. The third kappa shape index (κ3) is 4.44. The lowest BCUT2D eigenvalue weighted by Crippen LogP contribution is -2.52. The summed E-state index contributed by atoms with van der Waals surface area (Å²) < 4.78 is 0. The molecule has 1 aliphatic rings. The van der Waals surface area contributed by atoms with E-state index in [1.54, 1.807) is 18.7 Å². The highest BCUT2D eigenvalue weighted by molar-refractivity contribution is 6.11. The summed E-state index contributed by atoms with van der Waals surface area (Å²) in [5.41, 5.74) is 0.741. The van der Waals surface area contributed by atoms with Crippen molar-refractivity contribution >= 4 is 17.5 Å². The largest absolute Gasteiger partial charge is 0.342 e. The van der Waals surface area contributed by atoms with Gasteiger partial charge in [-0.3, -0.25) is 9.59 Å². The summed E-state index contributed by atoms with van der Waals surface area (Å²) in [5.74, 6) is 0.409. The van der Waals surface area contributed by atoms with Gasteiger partial charge in [-0.25, -0.2) is 0 Å². The third-order valence-corrected chi connectivity index (χ3v) is 5.64. The van der Waals surface area contributed by atoms with Crippen molar-refractivity contribution in [2.75, 3.05) is 18.0 Å². The molecule has 0 radical (unpaired) electrons. The summed E-state index contributed by atoms with van der Waals surface area (Å²) in [7, 11) is 0. The van der Waals surface area contributed by atoms with Crippen LogP contribution in [0.5, 0.6) is 0 Å². The van der Waals surface area contributed by atoms with Gasteiger partial charge in [0.1, 0.15) is 5.41 Å². The fourth-order valence-electron chi connectivity index (χ4n) is 3.69. The molecule has 1 aliphatic heterocycles. The van der Waals surface area contributed by atoms with Crippen LogP contribution in [0.3, 0.4) is 0 Å². The second-order valence-electron chi connectivity index (χ2n) is 8.31. The number of nitrogens with zero attached hydrogens (tertiary/aromatic N) is 2. The van der Waals surface area contributed by atoms with E-state index in [1.807, 2.05) is 65.6 Å². The first-order valence-electron chi connectivity index (χ1n) is 10.1. The summed E-state index contributed by atoms with van der Waals surface area (Å²) in [6.07, 6.45) is 2.00. The molecule has 2 aromatic carbocycles. The quantitative estimate of drug-likeness (QED) is 0.719. The fraction of sp³-hybridized carbons (Fsp3) is 0.417. The summed E-state index contributed by atoms with van der Waals surface area (Å²) in [6.45, 7) is 7.65. The van der Waals surface area contributed by atoms with E-state index in [1.165, 1.54) is 0 Å². The second kappa shape index (κ2) is 8.59. The number of anilines is 1. The molecule has 0 unspecified atom stereocenters. The molecule has 1 heterocycles. The molecule has 0 atom stereocenters. The van der Waals surface area contributed by atoms with E-state index >= 15 is 0 Å². The molecular formula is C24H30N2O2. The number of likely N-dealkylation sites (tertiary alicyclic amines) is 1. The second-order valence-corrected chi connectivity index (χ2v) is 8.31. The molecule has 148 valence electrons. The van der Waals surface area contributed by atoms with E-state index in [0.29, 0.717) is 12.5 Å². The number of hydrogen-bond acceptors (Lipinski definition) is 2. The lowest BCUT2D eigenvalue weighted by molar-refractivity contribution is -0.148. The van der Waals surface area contributed by atoms with Gasteiger partial charge >= 0.3 is 0 Å². The minimum absolute atomic E-state index is 0.0709. The van der Waals surface area contributed by atoms with Gasteiger partial charge in [0.15, 0.2) is 0 Å². The Hall–Kier alpha value is -2.62. The van der Waals surface area contributed by atoms with Gasteiger partial charge in [0.05, 0.1) is 6.54 Å². The van der Waals surface area contributed by atoms with Crippen LogP contribution in [0.15, 0.2) is 60.7 Å².